The lowest BCUT2D eigenvalue weighted by Crippen LogP contribution is -2.51. The molecule has 8 atom stereocenters. The van der Waals surface area contributed by atoms with Crippen LogP contribution in [0.2, 0.25) is 0 Å². The summed E-state index contributed by atoms with van der Waals surface area (Å²) in [5.74, 6) is 3.98. The molecular weight excluding hydrogens is 396 g/mol. The van der Waals surface area contributed by atoms with Gasteiger partial charge in [-0.05, 0) is 106 Å². The number of ether oxygens (including phenoxy) is 1. The summed E-state index contributed by atoms with van der Waals surface area (Å²) in [5.41, 5.74) is 1.87. The highest BCUT2D eigenvalue weighted by Gasteiger charge is 2.59. The van der Waals surface area contributed by atoms with E-state index in [1.165, 1.54) is 44.9 Å². The van der Waals surface area contributed by atoms with Crippen LogP contribution < -0.4 is 0 Å². The first-order valence-corrected chi connectivity index (χ1v) is 13.5. The van der Waals surface area contributed by atoms with Crippen LogP contribution in [-0.4, -0.2) is 22.8 Å². The second-order valence-corrected chi connectivity index (χ2v) is 13.1. The number of hydrogen-bond acceptors (Lipinski definition) is 3. The molecule has 3 nitrogen and oxygen atoms in total. The summed E-state index contributed by atoms with van der Waals surface area (Å²) in [5, 5.41) is 10.1. The van der Waals surface area contributed by atoms with Gasteiger partial charge in [0, 0.05) is 13.3 Å². The topological polar surface area (TPSA) is 46.5 Å². The van der Waals surface area contributed by atoms with Crippen molar-refractivity contribution in [3.63, 3.8) is 0 Å². The Hall–Kier alpha value is -0.830. The van der Waals surface area contributed by atoms with Crippen molar-refractivity contribution in [1.82, 2.24) is 0 Å². The van der Waals surface area contributed by atoms with Crippen molar-refractivity contribution >= 4 is 5.97 Å². The molecule has 0 aromatic heterocycles. The molecule has 182 valence electrons. The van der Waals surface area contributed by atoms with E-state index in [0.717, 1.165) is 55.3 Å². The van der Waals surface area contributed by atoms with Crippen LogP contribution in [0.4, 0.5) is 0 Å². The third kappa shape index (κ3) is 4.44. The minimum atomic E-state index is -0.532. The zero-order valence-electron chi connectivity index (χ0n) is 21.6. The Bertz CT molecular complexity index is 733. The van der Waals surface area contributed by atoms with Crippen LogP contribution in [-0.2, 0) is 9.53 Å². The third-order valence-corrected chi connectivity index (χ3v) is 10.6. The van der Waals surface area contributed by atoms with Gasteiger partial charge >= 0.3 is 5.97 Å². The number of esters is 1. The molecule has 0 spiro atoms. The van der Waals surface area contributed by atoms with Gasteiger partial charge in [0.1, 0.15) is 6.10 Å². The fourth-order valence-electron chi connectivity index (χ4n) is 9.00. The van der Waals surface area contributed by atoms with Gasteiger partial charge in [0.25, 0.3) is 0 Å². The average molecular weight is 445 g/mol. The molecule has 0 radical (unpaired) electrons. The number of allylic oxidation sites excluding steroid dienone is 1. The van der Waals surface area contributed by atoms with Crippen molar-refractivity contribution in [2.75, 3.05) is 0 Å². The second kappa shape index (κ2) is 8.75. The number of carbonyl (C=O) groups is 1. The van der Waals surface area contributed by atoms with Gasteiger partial charge in [0.05, 0.1) is 5.60 Å². The predicted octanol–water partition coefficient (Wildman–Crippen LogP) is 7.07. The van der Waals surface area contributed by atoms with Crippen molar-refractivity contribution in [3.05, 3.63) is 11.6 Å². The Morgan fingerprint density at radius 2 is 1.94 bits per heavy atom. The molecule has 0 heterocycles. The molecule has 4 rings (SSSR count). The highest BCUT2D eigenvalue weighted by Crippen LogP contribution is 2.67. The molecule has 0 aromatic rings. The lowest BCUT2D eigenvalue weighted by atomic mass is 9.47. The normalized spacial score (nSPS) is 42.3. The molecule has 3 heteroatoms. The molecule has 0 aromatic carbocycles. The maximum Gasteiger partial charge on any atom is 0.302 e. The number of rotatable bonds is 6. The van der Waals surface area contributed by atoms with Crippen LogP contribution >= 0.6 is 0 Å². The summed E-state index contributed by atoms with van der Waals surface area (Å²) >= 11 is 0. The Balaban J connectivity index is 1.45. The van der Waals surface area contributed by atoms with E-state index < -0.39 is 5.60 Å². The second-order valence-electron chi connectivity index (χ2n) is 13.1. The van der Waals surface area contributed by atoms with Gasteiger partial charge in [-0.3, -0.25) is 4.79 Å². The molecule has 0 aliphatic heterocycles. The Kier molecular flexibility index (Phi) is 6.64. The molecule has 3 fully saturated rings. The van der Waals surface area contributed by atoms with E-state index in [-0.39, 0.29) is 12.1 Å². The highest BCUT2D eigenvalue weighted by atomic mass is 16.5. The van der Waals surface area contributed by atoms with Crippen molar-refractivity contribution in [2.45, 2.75) is 124 Å². The standard InChI is InChI=1S/C29H48O3/c1-19(8-7-15-27(3,4)31)24-11-12-25-23-10-9-21-18-22(32-20(2)30)13-16-28(21,5)26(23)14-17-29(24,25)6/h9,19,22-26,31H,7-8,10-18H2,1-6H3/t19-,22?,23+,24-,25+,26+,28+,29-/m1/s1. The molecule has 4 aliphatic rings. The largest absolute Gasteiger partial charge is 0.462 e. The van der Waals surface area contributed by atoms with Crippen molar-refractivity contribution < 1.29 is 14.6 Å². The number of carbonyl (C=O) groups excluding carboxylic acids is 1. The molecule has 0 amide bonds. The van der Waals surface area contributed by atoms with E-state index in [9.17, 15) is 9.90 Å². The summed E-state index contributed by atoms with van der Waals surface area (Å²) in [4.78, 5) is 11.5. The quantitative estimate of drug-likeness (QED) is 0.352. The fourth-order valence-corrected chi connectivity index (χ4v) is 9.00. The maximum atomic E-state index is 11.5. The van der Waals surface area contributed by atoms with E-state index in [0.29, 0.717) is 10.8 Å². The first-order chi connectivity index (χ1) is 14.9. The summed E-state index contributed by atoms with van der Waals surface area (Å²) in [6, 6.07) is 0. The minimum Gasteiger partial charge on any atom is -0.462 e. The SMILES string of the molecule is CC(=O)OC1CC[C@@]2(C)C(=CC[C@H]3[C@@H]4CC[C@H]([C@H](C)CCCC(C)(C)O)[C@@]4(C)CC[C@@H]32)C1. The zero-order valence-corrected chi connectivity index (χ0v) is 21.6. The summed E-state index contributed by atoms with van der Waals surface area (Å²) in [6.07, 6.45) is 15.9. The number of hydrogen-bond donors (Lipinski definition) is 1. The van der Waals surface area contributed by atoms with Crippen LogP contribution in [0.1, 0.15) is 112 Å². The van der Waals surface area contributed by atoms with Crippen LogP contribution in [0.25, 0.3) is 0 Å². The van der Waals surface area contributed by atoms with Crippen molar-refractivity contribution in [2.24, 2.45) is 40.4 Å². The molecule has 4 aliphatic carbocycles. The van der Waals surface area contributed by atoms with Gasteiger partial charge in [-0.15, -0.1) is 0 Å². The van der Waals surface area contributed by atoms with Crippen LogP contribution in [0.5, 0.6) is 0 Å². The number of aliphatic hydroxyl groups is 1. The lowest BCUT2D eigenvalue weighted by Gasteiger charge is -2.58. The first-order valence-electron chi connectivity index (χ1n) is 13.5. The summed E-state index contributed by atoms with van der Waals surface area (Å²) in [6.45, 7) is 13.1. The molecule has 3 saturated carbocycles. The molecule has 1 unspecified atom stereocenters. The van der Waals surface area contributed by atoms with Gasteiger partial charge in [-0.2, -0.15) is 0 Å². The van der Waals surface area contributed by atoms with E-state index >= 15 is 0 Å². The van der Waals surface area contributed by atoms with Gasteiger partial charge in [0.15, 0.2) is 0 Å². The van der Waals surface area contributed by atoms with E-state index in [4.69, 9.17) is 4.74 Å². The van der Waals surface area contributed by atoms with Gasteiger partial charge in [0.2, 0.25) is 0 Å². The number of fused-ring (bicyclic) bond motifs is 5. The monoisotopic (exact) mass is 444 g/mol. The van der Waals surface area contributed by atoms with Gasteiger partial charge in [-0.25, -0.2) is 0 Å². The third-order valence-electron chi connectivity index (χ3n) is 10.6. The zero-order chi connectivity index (χ0) is 23.3. The average Bonchev–Trinajstić information content (AvgIpc) is 3.04. The smallest absolute Gasteiger partial charge is 0.302 e. The summed E-state index contributed by atoms with van der Waals surface area (Å²) in [7, 11) is 0. The van der Waals surface area contributed by atoms with Crippen LogP contribution in [0.15, 0.2) is 11.6 Å². The highest BCUT2D eigenvalue weighted by molar-refractivity contribution is 5.66. The van der Waals surface area contributed by atoms with Crippen molar-refractivity contribution in [3.8, 4) is 0 Å². The summed E-state index contributed by atoms with van der Waals surface area (Å²) < 4.78 is 5.60. The van der Waals surface area contributed by atoms with Crippen LogP contribution in [0.3, 0.4) is 0 Å². The van der Waals surface area contributed by atoms with E-state index in [1.54, 1.807) is 12.5 Å². The molecule has 0 bridgehead atoms. The Morgan fingerprint density at radius 3 is 2.62 bits per heavy atom. The Morgan fingerprint density at radius 1 is 1.19 bits per heavy atom. The molecule has 1 N–H and O–H groups in total. The predicted molar refractivity (Wildman–Crippen MR) is 130 cm³/mol. The fraction of sp³-hybridized carbons (Fsp3) is 0.897. The molecule has 0 saturated heterocycles. The molecular formula is C29H48O3. The van der Waals surface area contributed by atoms with E-state index in [1.807, 2.05) is 13.8 Å². The Labute approximate surface area is 196 Å². The van der Waals surface area contributed by atoms with Crippen molar-refractivity contribution in [1.29, 1.82) is 0 Å². The molecule has 32 heavy (non-hydrogen) atoms. The lowest BCUT2D eigenvalue weighted by molar-refractivity contribution is -0.148. The van der Waals surface area contributed by atoms with E-state index in [2.05, 4.69) is 26.8 Å². The maximum absolute atomic E-state index is 11.5. The minimum absolute atomic E-state index is 0.0952. The van der Waals surface area contributed by atoms with Gasteiger partial charge in [-0.1, -0.05) is 45.3 Å². The first kappa shape index (κ1) is 24.3. The van der Waals surface area contributed by atoms with Gasteiger partial charge < -0.3 is 9.84 Å². The van der Waals surface area contributed by atoms with Crippen LogP contribution in [0, 0.1) is 40.4 Å².